The van der Waals surface area contributed by atoms with E-state index in [1.807, 2.05) is 32.0 Å². The molecule has 0 fully saturated rings. The van der Waals surface area contributed by atoms with Crippen LogP contribution < -0.4 is 19.5 Å². The first-order valence-corrected chi connectivity index (χ1v) is 10.4. The van der Waals surface area contributed by atoms with E-state index in [0.29, 0.717) is 11.3 Å². The van der Waals surface area contributed by atoms with Gasteiger partial charge in [0.15, 0.2) is 18.1 Å². The van der Waals surface area contributed by atoms with Gasteiger partial charge in [-0.15, -0.1) is 6.58 Å². The minimum Gasteiger partial charge on any atom is -0.493 e. The van der Waals surface area contributed by atoms with Gasteiger partial charge in [0.25, 0.3) is 5.91 Å². The molecule has 32 heavy (non-hydrogen) atoms. The van der Waals surface area contributed by atoms with Crippen LogP contribution in [0.15, 0.2) is 53.0 Å². The standard InChI is InChI=1S/C24H23BrN2O5/c1-5-8-27-24(29)18(13-26)11-17-6-7-20(21(12-17)30-4)32-22(28)14-31-23-15(2)9-19(25)10-16(23)3/h5-7,9-12H,1,8,14H2,2-4H3,(H,27,29)/b18-11+. The summed E-state index contributed by atoms with van der Waals surface area (Å²) in [7, 11) is 1.42. The van der Waals surface area contributed by atoms with Crippen LogP contribution in [-0.4, -0.2) is 32.1 Å². The molecule has 2 rings (SSSR count). The molecule has 0 atom stereocenters. The van der Waals surface area contributed by atoms with Crippen molar-refractivity contribution in [3.63, 3.8) is 0 Å². The van der Waals surface area contributed by atoms with Crippen LogP contribution in [0.3, 0.4) is 0 Å². The van der Waals surface area contributed by atoms with Gasteiger partial charge in [0.2, 0.25) is 0 Å². The Morgan fingerprint density at radius 1 is 1.19 bits per heavy atom. The molecule has 0 aliphatic heterocycles. The zero-order valence-corrected chi connectivity index (χ0v) is 19.6. The van der Waals surface area contributed by atoms with E-state index >= 15 is 0 Å². The lowest BCUT2D eigenvalue weighted by atomic mass is 10.1. The number of amides is 1. The number of benzene rings is 2. The van der Waals surface area contributed by atoms with Gasteiger partial charge in [-0.1, -0.05) is 28.1 Å². The molecule has 0 spiro atoms. The number of hydrogen-bond acceptors (Lipinski definition) is 6. The molecule has 1 amide bonds. The Kier molecular flexibility index (Phi) is 9.05. The van der Waals surface area contributed by atoms with Gasteiger partial charge in [-0.05, 0) is 60.9 Å². The van der Waals surface area contributed by atoms with Crippen LogP contribution in [0.2, 0.25) is 0 Å². The average Bonchev–Trinajstić information content (AvgIpc) is 2.75. The molecule has 7 nitrogen and oxygen atoms in total. The van der Waals surface area contributed by atoms with Gasteiger partial charge in [0.1, 0.15) is 17.4 Å². The summed E-state index contributed by atoms with van der Waals surface area (Å²) in [5.74, 6) is -0.0345. The third-order valence-corrected chi connectivity index (χ3v) is 4.71. The van der Waals surface area contributed by atoms with E-state index in [-0.39, 0.29) is 30.2 Å². The number of aryl methyl sites for hydroxylation is 2. The van der Waals surface area contributed by atoms with E-state index < -0.39 is 11.9 Å². The van der Waals surface area contributed by atoms with Gasteiger partial charge in [0, 0.05) is 11.0 Å². The van der Waals surface area contributed by atoms with Crippen molar-refractivity contribution in [2.75, 3.05) is 20.3 Å². The molecule has 0 unspecified atom stereocenters. The molecule has 2 aromatic carbocycles. The topological polar surface area (TPSA) is 97.7 Å². The Labute approximate surface area is 195 Å². The van der Waals surface area contributed by atoms with Crippen LogP contribution in [0.25, 0.3) is 6.08 Å². The highest BCUT2D eigenvalue weighted by Gasteiger charge is 2.14. The second-order valence-electron chi connectivity index (χ2n) is 6.71. The Morgan fingerprint density at radius 3 is 2.47 bits per heavy atom. The van der Waals surface area contributed by atoms with Crippen LogP contribution in [0.1, 0.15) is 16.7 Å². The second-order valence-corrected chi connectivity index (χ2v) is 7.63. The Balaban J connectivity index is 2.12. The predicted octanol–water partition coefficient (Wildman–Crippen LogP) is 4.27. The summed E-state index contributed by atoms with van der Waals surface area (Å²) in [5, 5.41) is 11.8. The summed E-state index contributed by atoms with van der Waals surface area (Å²) in [5.41, 5.74) is 2.24. The molecule has 0 aliphatic carbocycles. The zero-order valence-electron chi connectivity index (χ0n) is 18.0. The molecule has 0 heterocycles. The van der Waals surface area contributed by atoms with Crippen LogP contribution in [0, 0.1) is 25.2 Å². The van der Waals surface area contributed by atoms with Gasteiger partial charge in [-0.3, -0.25) is 4.79 Å². The summed E-state index contributed by atoms with van der Waals surface area (Å²) < 4.78 is 17.2. The number of nitrogens with zero attached hydrogens (tertiary/aromatic N) is 1. The number of hydrogen-bond donors (Lipinski definition) is 1. The summed E-state index contributed by atoms with van der Waals surface area (Å²) in [6, 6.07) is 10.3. The number of nitrogens with one attached hydrogen (secondary N) is 1. The van der Waals surface area contributed by atoms with E-state index in [4.69, 9.17) is 14.2 Å². The number of nitriles is 1. The summed E-state index contributed by atoms with van der Waals surface area (Å²) in [6.07, 6.45) is 2.93. The quantitative estimate of drug-likeness (QED) is 0.182. The molecular formula is C24H23BrN2O5. The number of rotatable bonds is 9. The van der Waals surface area contributed by atoms with Crippen LogP contribution in [0.5, 0.6) is 17.2 Å². The van der Waals surface area contributed by atoms with Crippen LogP contribution >= 0.6 is 15.9 Å². The lowest BCUT2D eigenvalue weighted by molar-refractivity contribution is -0.136. The fourth-order valence-corrected chi connectivity index (χ4v) is 3.53. The van der Waals surface area contributed by atoms with Crippen molar-refractivity contribution in [2.24, 2.45) is 0 Å². The first-order chi connectivity index (χ1) is 15.3. The van der Waals surface area contributed by atoms with Gasteiger partial charge >= 0.3 is 5.97 Å². The molecule has 0 bridgehead atoms. The fraction of sp³-hybridized carbons (Fsp3) is 0.208. The number of carbonyl (C=O) groups is 2. The van der Waals surface area contributed by atoms with Crippen molar-refractivity contribution in [3.8, 4) is 23.3 Å². The zero-order chi connectivity index (χ0) is 23.7. The number of ether oxygens (including phenoxy) is 3. The average molecular weight is 499 g/mol. The number of halogens is 1. The molecule has 8 heteroatoms. The van der Waals surface area contributed by atoms with Crippen molar-refractivity contribution >= 4 is 33.9 Å². The third kappa shape index (κ3) is 6.72. The predicted molar refractivity (Wildman–Crippen MR) is 125 cm³/mol. The largest absolute Gasteiger partial charge is 0.493 e. The molecule has 166 valence electrons. The number of carbonyl (C=O) groups excluding carboxylic acids is 2. The van der Waals surface area contributed by atoms with Crippen molar-refractivity contribution in [1.29, 1.82) is 5.26 Å². The van der Waals surface area contributed by atoms with E-state index in [1.165, 1.54) is 25.3 Å². The molecule has 0 radical (unpaired) electrons. The molecule has 1 N–H and O–H groups in total. The van der Waals surface area contributed by atoms with E-state index in [2.05, 4.69) is 27.8 Å². The fourth-order valence-electron chi connectivity index (χ4n) is 2.84. The van der Waals surface area contributed by atoms with Crippen LogP contribution in [-0.2, 0) is 9.59 Å². The molecule has 0 saturated heterocycles. The van der Waals surface area contributed by atoms with Gasteiger partial charge in [-0.2, -0.15) is 5.26 Å². The molecule has 0 aliphatic rings. The van der Waals surface area contributed by atoms with E-state index in [0.717, 1.165) is 15.6 Å². The first-order valence-electron chi connectivity index (χ1n) is 9.58. The minimum atomic E-state index is -0.602. The Hall–Kier alpha value is -3.57. The van der Waals surface area contributed by atoms with Gasteiger partial charge in [-0.25, -0.2) is 4.79 Å². The van der Waals surface area contributed by atoms with Crippen molar-refractivity contribution in [3.05, 3.63) is 69.7 Å². The van der Waals surface area contributed by atoms with E-state index in [9.17, 15) is 14.9 Å². The minimum absolute atomic E-state index is 0.0766. The van der Waals surface area contributed by atoms with E-state index in [1.54, 1.807) is 12.1 Å². The van der Waals surface area contributed by atoms with Crippen molar-refractivity contribution < 1.29 is 23.8 Å². The highest BCUT2D eigenvalue weighted by Crippen LogP contribution is 2.30. The SMILES string of the molecule is C=CCNC(=O)/C(C#N)=C/c1ccc(OC(=O)COc2c(C)cc(Br)cc2C)c(OC)c1. The lowest BCUT2D eigenvalue weighted by Gasteiger charge is -2.13. The van der Waals surface area contributed by atoms with Crippen LogP contribution in [0.4, 0.5) is 0 Å². The van der Waals surface area contributed by atoms with Crippen molar-refractivity contribution in [2.45, 2.75) is 13.8 Å². The van der Waals surface area contributed by atoms with Crippen molar-refractivity contribution in [1.82, 2.24) is 5.32 Å². The lowest BCUT2D eigenvalue weighted by Crippen LogP contribution is -2.24. The molecule has 2 aromatic rings. The normalized spacial score (nSPS) is 10.7. The molecular weight excluding hydrogens is 476 g/mol. The van der Waals surface area contributed by atoms with Gasteiger partial charge in [0.05, 0.1) is 7.11 Å². The molecule has 0 saturated carbocycles. The maximum atomic E-state index is 12.3. The monoisotopic (exact) mass is 498 g/mol. The summed E-state index contributed by atoms with van der Waals surface area (Å²) >= 11 is 3.42. The maximum absolute atomic E-state index is 12.3. The highest BCUT2D eigenvalue weighted by molar-refractivity contribution is 9.10. The highest BCUT2D eigenvalue weighted by atomic mass is 79.9. The first kappa shape index (κ1) is 24.7. The Morgan fingerprint density at radius 2 is 1.88 bits per heavy atom. The van der Waals surface area contributed by atoms with Gasteiger partial charge < -0.3 is 19.5 Å². The third-order valence-electron chi connectivity index (χ3n) is 4.25. The Bertz CT molecular complexity index is 1080. The summed E-state index contributed by atoms with van der Waals surface area (Å²) in [4.78, 5) is 24.3. The number of methoxy groups -OCH3 is 1. The summed E-state index contributed by atoms with van der Waals surface area (Å²) in [6.45, 7) is 7.26. The second kappa shape index (κ2) is 11.7. The number of esters is 1. The molecule has 0 aromatic heterocycles. The smallest absolute Gasteiger partial charge is 0.349 e. The maximum Gasteiger partial charge on any atom is 0.349 e.